The maximum atomic E-state index is 13.1. The number of methoxy groups -OCH3 is 1. The Balaban J connectivity index is 1.92. The van der Waals surface area contributed by atoms with Gasteiger partial charge in [-0.3, -0.25) is 24.3 Å². The van der Waals surface area contributed by atoms with Crippen LogP contribution in [0.5, 0.6) is 5.75 Å². The van der Waals surface area contributed by atoms with E-state index in [0.29, 0.717) is 21.8 Å². The average molecular weight is 457 g/mol. The van der Waals surface area contributed by atoms with Crippen LogP contribution in [0.4, 0.5) is 11.4 Å². The minimum atomic E-state index is -0.637. The molecule has 0 radical (unpaired) electrons. The molecule has 0 aliphatic rings. The second-order valence-corrected chi connectivity index (χ2v) is 8.54. The first kappa shape index (κ1) is 23.3. The summed E-state index contributed by atoms with van der Waals surface area (Å²) < 4.78 is 6.82. The fourth-order valence-corrected chi connectivity index (χ4v) is 4.14. The maximum absolute atomic E-state index is 13.1. The van der Waals surface area contributed by atoms with Crippen LogP contribution in [0.15, 0.2) is 52.4 Å². The van der Waals surface area contributed by atoms with Gasteiger partial charge in [-0.1, -0.05) is 30.8 Å². The summed E-state index contributed by atoms with van der Waals surface area (Å²) in [6.45, 7) is 5.60. The highest BCUT2D eigenvalue weighted by Crippen LogP contribution is 2.31. The van der Waals surface area contributed by atoms with E-state index in [1.165, 1.54) is 25.3 Å². The van der Waals surface area contributed by atoms with Crippen LogP contribution in [-0.2, 0) is 4.79 Å². The van der Waals surface area contributed by atoms with E-state index in [4.69, 9.17) is 4.74 Å². The molecule has 3 rings (SSSR count). The zero-order valence-corrected chi connectivity index (χ0v) is 19.0. The Morgan fingerprint density at radius 2 is 2.00 bits per heavy atom. The third-order valence-electron chi connectivity index (χ3n) is 5.11. The Hall–Kier alpha value is -3.40. The van der Waals surface area contributed by atoms with Crippen molar-refractivity contribution in [2.24, 2.45) is 0 Å². The zero-order chi connectivity index (χ0) is 23.4. The summed E-state index contributed by atoms with van der Waals surface area (Å²) in [6.07, 6.45) is 0.721. The van der Waals surface area contributed by atoms with Crippen molar-refractivity contribution < 1.29 is 14.5 Å². The number of nitrogens with zero attached hydrogens (tertiary/aromatic N) is 3. The van der Waals surface area contributed by atoms with Crippen LogP contribution < -0.4 is 15.6 Å². The maximum Gasteiger partial charge on any atom is 0.271 e. The van der Waals surface area contributed by atoms with Gasteiger partial charge in [0.15, 0.2) is 5.16 Å². The number of hydrogen-bond donors (Lipinski definition) is 1. The number of nitro benzene ring substituents is 1. The van der Waals surface area contributed by atoms with Gasteiger partial charge in [-0.05, 0) is 38.5 Å². The lowest BCUT2D eigenvalue weighted by Crippen LogP contribution is -2.28. The van der Waals surface area contributed by atoms with Crippen LogP contribution in [0.25, 0.3) is 10.9 Å². The summed E-state index contributed by atoms with van der Waals surface area (Å²) >= 11 is 1.16. The molecule has 10 heteroatoms. The van der Waals surface area contributed by atoms with Gasteiger partial charge in [-0.15, -0.1) is 0 Å². The molecule has 0 spiro atoms. The minimum absolute atomic E-state index is 0.103. The van der Waals surface area contributed by atoms with Gasteiger partial charge < -0.3 is 10.1 Å². The number of benzene rings is 2. The van der Waals surface area contributed by atoms with E-state index < -0.39 is 16.1 Å². The van der Waals surface area contributed by atoms with Crippen molar-refractivity contribution in [3.05, 3.63) is 62.9 Å². The summed E-state index contributed by atoms with van der Waals surface area (Å²) in [6, 6.07) is 11.0. The van der Waals surface area contributed by atoms with Crippen molar-refractivity contribution in [3.63, 3.8) is 0 Å². The molecule has 2 atom stereocenters. The number of thioether (sulfide) groups is 1. The lowest BCUT2D eigenvalue weighted by atomic mass is 10.2. The standard InChI is InChI=1S/C22H24N4O5S/c1-5-13(2)25-21(28)16-8-6-7-9-17(16)24-22(25)32-14(3)20(27)23-18-12-15(26(29)30)10-11-19(18)31-4/h6-14H,5H2,1-4H3,(H,23,27). The quantitative estimate of drug-likeness (QED) is 0.231. The molecule has 0 bridgehead atoms. The lowest BCUT2D eigenvalue weighted by molar-refractivity contribution is -0.384. The Bertz CT molecular complexity index is 1230. The molecule has 0 saturated heterocycles. The van der Waals surface area contributed by atoms with Gasteiger partial charge in [0.2, 0.25) is 5.91 Å². The number of ether oxygens (including phenoxy) is 1. The molecule has 1 amide bonds. The molecule has 168 valence electrons. The molecule has 1 N–H and O–H groups in total. The average Bonchev–Trinajstić information content (AvgIpc) is 2.78. The Morgan fingerprint density at radius 3 is 2.66 bits per heavy atom. The molecular weight excluding hydrogens is 432 g/mol. The normalized spacial score (nSPS) is 12.9. The van der Waals surface area contributed by atoms with Gasteiger partial charge in [0.1, 0.15) is 5.75 Å². The fourth-order valence-electron chi connectivity index (χ4n) is 3.13. The zero-order valence-electron chi connectivity index (χ0n) is 18.2. The summed E-state index contributed by atoms with van der Waals surface area (Å²) in [5.74, 6) is -0.0894. The van der Waals surface area contributed by atoms with Crippen LogP contribution in [0.3, 0.4) is 0 Å². The number of carbonyl (C=O) groups is 1. The molecule has 32 heavy (non-hydrogen) atoms. The monoisotopic (exact) mass is 456 g/mol. The number of anilines is 1. The number of nitrogens with one attached hydrogen (secondary N) is 1. The summed E-state index contributed by atoms with van der Waals surface area (Å²) in [4.78, 5) is 41.2. The summed E-state index contributed by atoms with van der Waals surface area (Å²) in [7, 11) is 1.42. The highest BCUT2D eigenvalue weighted by atomic mass is 32.2. The molecule has 0 aliphatic heterocycles. The van der Waals surface area contributed by atoms with Gasteiger partial charge in [0.25, 0.3) is 11.2 Å². The number of fused-ring (bicyclic) bond motifs is 1. The first-order valence-corrected chi connectivity index (χ1v) is 11.0. The van der Waals surface area contributed by atoms with Crippen molar-refractivity contribution in [1.82, 2.24) is 9.55 Å². The number of amides is 1. The Kier molecular flexibility index (Phi) is 7.14. The van der Waals surface area contributed by atoms with E-state index in [1.807, 2.05) is 19.9 Å². The molecule has 9 nitrogen and oxygen atoms in total. The van der Waals surface area contributed by atoms with Crippen LogP contribution in [0.1, 0.15) is 33.2 Å². The first-order valence-electron chi connectivity index (χ1n) is 10.1. The fraction of sp³-hybridized carbons (Fsp3) is 0.318. The van der Waals surface area contributed by atoms with E-state index in [1.54, 1.807) is 29.7 Å². The lowest BCUT2D eigenvalue weighted by Gasteiger charge is -2.20. The molecule has 0 saturated carbocycles. The topological polar surface area (TPSA) is 116 Å². The Labute approximate surface area is 189 Å². The van der Waals surface area contributed by atoms with Crippen LogP contribution in [0, 0.1) is 10.1 Å². The smallest absolute Gasteiger partial charge is 0.271 e. The number of hydrogen-bond acceptors (Lipinski definition) is 7. The number of non-ortho nitro benzene ring substituents is 1. The van der Waals surface area contributed by atoms with E-state index >= 15 is 0 Å². The molecule has 3 aromatic rings. The summed E-state index contributed by atoms with van der Waals surface area (Å²) in [5.41, 5.74) is 0.445. The molecule has 2 unspecified atom stereocenters. The number of para-hydroxylation sites is 1. The predicted molar refractivity (Wildman–Crippen MR) is 125 cm³/mol. The van der Waals surface area contributed by atoms with Crippen LogP contribution in [-0.4, -0.2) is 32.7 Å². The van der Waals surface area contributed by atoms with Crippen molar-refractivity contribution >= 4 is 39.9 Å². The van der Waals surface area contributed by atoms with Crippen molar-refractivity contribution in [2.45, 2.75) is 43.6 Å². The minimum Gasteiger partial charge on any atom is -0.495 e. The van der Waals surface area contributed by atoms with E-state index in [0.717, 1.165) is 18.2 Å². The third-order valence-corrected chi connectivity index (χ3v) is 6.18. The van der Waals surface area contributed by atoms with Crippen molar-refractivity contribution in [1.29, 1.82) is 0 Å². The number of aromatic nitrogens is 2. The molecule has 1 heterocycles. The van der Waals surface area contributed by atoms with Gasteiger partial charge in [0, 0.05) is 18.2 Å². The first-order chi connectivity index (χ1) is 15.3. The number of rotatable bonds is 8. The molecule has 0 fully saturated rings. The van der Waals surface area contributed by atoms with Crippen molar-refractivity contribution in [3.8, 4) is 5.75 Å². The largest absolute Gasteiger partial charge is 0.495 e. The number of carbonyl (C=O) groups excluding carboxylic acids is 1. The highest BCUT2D eigenvalue weighted by molar-refractivity contribution is 8.00. The SMILES string of the molecule is CCC(C)n1c(SC(C)C(=O)Nc2cc([N+](=O)[O-])ccc2OC)nc2ccccc2c1=O. The predicted octanol–water partition coefficient (Wildman–Crippen LogP) is 4.40. The highest BCUT2D eigenvalue weighted by Gasteiger charge is 2.23. The van der Waals surface area contributed by atoms with Gasteiger partial charge in [-0.25, -0.2) is 4.98 Å². The van der Waals surface area contributed by atoms with Crippen molar-refractivity contribution in [2.75, 3.05) is 12.4 Å². The van der Waals surface area contributed by atoms with Gasteiger partial charge >= 0.3 is 0 Å². The third kappa shape index (κ3) is 4.75. The number of nitro groups is 1. The van der Waals surface area contributed by atoms with Gasteiger partial charge in [-0.2, -0.15) is 0 Å². The Morgan fingerprint density at radius 1 is 1.28 bits per heavy atom. The van der Waals surface area contributed by atoms with Gasteiger partial charge in [0.05, 0.1) is 33.9 Å². The summed E-state index contributed by atoms with van der Waals surface area (Å²) in [5, 5.41) is 14.1. The molecule has 1 aromatic heterocycles. The van der Waals surface area contributed by atoms with Crippen LogP contribution >= 0.6 is 11.8 Å². The second kappa shape index (κ2) is 9.82. The molecule has 2 aromatic carbocycles. The molecule has 0 aliphatic carbocycles. The van der Waals surface area contributed by atoms with E-state index in [9.17, 15) is 19.7 Å². The van der Waals surface area contributed by atoms with E-state index in [-0.39, 0.29) is 23.0 Å². The molecular formula is C22H24N4O5S. The van der Waals surface area contributed by atoms with E-state index in [2.05, 4.69) is 10.3 Å². The van der Waals surface area contributed by atoms with Crippen LogP contribution in [0.2, 0.25) is 0 Å². The second-order valence-electron chi connectivity index (χ2n) is 7.23.